The van der Waals surface area contributed by atoms with Crippen LogP contribution >= 0.6 is 11.6 Å². The smallest absolute Gasteiger partial charge is 0.166 e. The first-order valence-electron chi connectivity index (χ1n) is 5.43. The average Bonchev–Trinajstić information content (AvgIpc) is 2.36. The van der Waals surface area contributed by atoms with Crippen LogP contribution in [0.3, 0.4) is 0 Å². The second-order valence-corrected chi connectivity index (χ2v) is 4.34. The van der Waals surface area contributed by atoms with Crippen molar-refractivity contribution in [3.63, 3.8) is 0 Å². The Morgan fingerprint density at radius 3 is 2.61 bits per heavy atom. The summed E-state index contributed by atoms with van der Waals surface area (Å²) in [5, 5.41) is 9.52. The molecule has 0 bridgehead atoms. The summed E-state index contributed by atoms with van der Waals surface area (Å²) in [6.07, 6.45) is 0. The van der Waals surface area contributed by atoms with Gasteiger partial charge in [-0.15, -0.1) is 0 Å². The predicted molar refractivity (Wildman–Crippen MR) is 68.6 cm³/mol. The lowest BCUT2D eigenvalue weighted by Crippen LogP contribution is -1.91. The van der Waals surface area contributed by atoms with Gasteiger partial charge >= 0.3 is 0 Å². The van der Waals surface area contributed by atoms with E-state index in [4.69, 9.17) is 21.4 Å². The quantitative estimate of drug-likeness (QED) is 0.907. The fourth-order valence-corrected chi connectivity index (χ4v) is 1.65. The Morgan fingerprint density at radius 2 is 2.00 bits per heavy atom. The molecule has 0 fully saturated rings. The molecule has 0 aliphatic carbocycles. The molecule has 0 amide bonds. The highest BCUT2D eigenvalue weighted by Gasteiger charge is 2.06. The molecule has 18 heavy (non-hydrogen) atoms. The predicted octanol–water partition coefficient (Wildman–Crippen LogP) is 4.07. The molecule has 0 aliphatic heterocycles. The molecular weight excluding hydrogens is 255 g/mol. The Labute approximate surface area is 110 Å². The monoisotopic (exact) mass is 266 g/mol. The number of halogens is 2. The fraction of sp³-hybridized carbons (Fsp3) is 0.143. The van der Waals surface area contributed by atoms with Crippen molar-refractivity contribution < 1.29 is 14.2 Å². The number of hydrogen-bond acceptors (Lipinski definition) is 2. The van der Waals surface area contributed by atoms with E-state index in [9.17, 15) is 4.39 Å². The van der Waals surface area contributed by atoms with Crippen molar-refractivity contribution >= 4 is 11.6 Å². The van der Waals surface area contributed by atoms with Crippen molar-refractivity contribution in [1.82, 2.24) is 0 Å². The average molecular weight is 267 g/mol. The van der Waals surface area contributed by atoms with Gasteiger partial charge in [0.05, 0.1) is 6.61 Å². The zero-order chi connectivity index (χ0) is 13.1. The third-order valence-corrected chi connectivity index (χ3v) is 2.96. The second-order valence-electron chi connectivity index (χ2n) is 3.94. The van der Waals surface area contributed by atoms with E-state index in [1.807, 2.05) is 6.92 Å². The Morgan fingerprint density at radius 1 is 1.22 bits per heavy atom. The van der Waals surface area contributed by atoms with Crippen molar-refractivity contribution in [2.24, 2.45) is 0 Å². The Balaban J connectivity index is 2.25. The second kappa shape index (κ2) is 5.38. The van der Waals surface area contributed by atoms with Gasteiger partial charge in [-0.2, -0.15) is 0 Å². The largest absolute Gasteiger partial charge is 0.454 e. The fourth-order valence-electron chi connectivity index (χ4n) is 1.53. The van der Waals surface area contributed by atoms with Crippen molar-refractivity contribution in [2.75, 3.05) is 0 Å². The molecule has 1 N–H and O–H groups in total. The molecule has 0 saturated heterocycles. The maximum absolute atomic E-state index is 13.6. The van der Waals surface area contributed by atoms with Crippen LogP contribution in [0.15, 0.2) is 36.4 Å². The van der Waals surface area contributed by atoms with Crippen LogP contribution in [-0.2, 0) is 6.61 Å². The van der Waals surface area contributed by atoms with Gasteiger partial charge in [0.2, 0.25) is 0 Å². The number of aliphatic hydroxyl groups is 1. The molecule has 4 heteroatoms. The van der Waals surface area contributed by atoms with Gasteiger partial charge in [0.1, 0.15) is 5.75 Å². The number of ether oxygens (including phenoxy) is 1. The van der Waals surface area contributed by atoms with Crippen LogP contribution in [0.25, 0.3) is 0 Å². The van der Waals surface area contributed by atoms with E-state index in [1.54, 1.807) is 24.3 Å². The van der Waals surface area contributed by atoms with E-state index in [0.29, 0.717) is 16.3 Å². The number of aliphatic hydroxyl groups excluding tert-OH is 1. The molecule has 0 atom stereocenters. The summed E-state index contributed by atoms with van der Waals surface area (Å²) in [7, 11) is 0. The summed E-state index contributed by atoms with van der Waals surface area (Å²) in [6, 6.07) is 9.47. The van der Waals surface area contributed by atoms with Crippen molar-refractivity contribution in [1.29, 1.82) is 0 Å². The SMILES string of the molecule is Cc1cc(Oc2ccc(CO)cc2F)ccc1Cl. The highest BCUT2D eigenvalue weighted by Crippen LogP contribution is 2.28. The van der Waals surface area contributed by atoms with Crippen molar-refractivity contribution in [3.8, 4) is 11.5 Å². The van der Waals surface area contributed by atoms with E-state index < -0.39 is 5.82 Å². The van der Waals surface area contributed by atoms with Crippen molar-refractivity contribution in [2.45, 2.75) is 13.5 Å². The number of benzene rings is 2. The molecular formula is C14H12ClFO2. The molecule has 0 saturated carbocycles. The minimum atomic E-state index is -0.505. The molecule has 0 aliphatic rings. The van der Waals surface area contributed by atoms with Gasteiger partial charge in [-0.05, 0) is 48.4 Å². The van der Waals surface area contributed by atoms with Crippen LogP contribution in [0, 0.1) is 12.7 Å². The third kappa shape index (κ3) is 2.81. The molecule has 94 valence electrons. The van der Waals surface area contributed by atoms with E-state index in [0.717, 1.165) is 5.56 Å². The van der Waals surface area contributed by atoms with Crippen LogP contribution in [0.2, 0.25) is 5.02 Å². The topological polar surface area (TPSA) is 29.5 Å². The van der Waals surface area contributed by atoms with Crippen LogP contribution < -0.4 is 4.74 Å². The van der Waals surface area contributed by atoms with Gasteiger partial charge < -0.3 is 9.84 Å². The van der Waals surface area contributed by atoms with Gasteiger partial charge in [0.15, 0.2) is 11.6 Å². The molecule has 2 aromatic rings. The minimum absolute atomic E-state index is 0.119. The van der Waals surface area contributed by atoms with Crippen LogP contribution in [0.5, 0.6) is 11.5 Å². The maximum Gasteiger partial charge on any atom is 0.166 e. The maximum atomic E-state index is 13.6. The molecule has 0 spiro atoms. The summed E-state index contributed by atoms with van der Waals surface area (Å²) < 4.78 is 19.1. The van der Waals surface area contributed by atoms with Crippen LogP contribution in [0.1, 0.15) is 11.1 Å². The lowest BCUT2D eigenvalue weighted by atomic mass is 10.2. The van der Waals surface area contributed by atoms with Gasteiger partial charge in [-0.1, -0.05) is 17.7 Å². The molecule has 2 nitrogen and oxygen atoms in total. The van der Waals surface area contributed by atoms with Gasteiger partial charge in [0, 0.05) is 5.02 Å². The first-order valence-corrected chi connectivity index (χ1v) is 5.81. The van der Waals surface area contributed by atoms with Crippen molar-refractivity contribution in [3.05, 3.63) is 58.4 Å². The Hall–Kier alpha value is -1.58. The molecule has 2 aromatic carbocycles. The van der Waals surface area contributed by atoms with E-state index in [-0.39, 0.29) is 12.4 Å². The van der Waals surface area contributed by atoms with E-state index in [1.165, 1.54) is 12.1 Å². The van der Waals surface area contributed by atoms with E-state index >= 15 is 0 Å². The number of rotatable bonds is 3. The zero-order valence-electron chi connectivity index (χ0n) is 9.78. The van der Waals surface area contributed by atoms with Crippen LogP contribution in [-0.4, -0.2) is 5.11 Å². The summed E-state index contributed by atoms with van der Waals surface area (Å²) in [5.41, 5.74) is 1.37. The Kier molecular flexibility index (Phi) is 3.84. The van der Waals surface area contributed by atoms with Gasteiger partial charge in [0.25, 0.3) is 0 Å². The number of hydrogen-bond donors (Lipinski definition) is 1. The van der Waals surface area contributed by atoms with E-state index in [2.05, 4.69) is 0 Å². The lowest BCUT2D eigenvalue weighted by molar-refractivity contribution is 0.281. The number of aryl methyl sites for hydroxylation is 1. The summed E-state index contributed by atoms with van der Waals surface area (Å²) in [5.74, 6) is 0.135. The normalized spacial score (nSPS) is 10.4. The first-order chi connectivity index (χ1) is 8.60. The highest BCUT2D eigenvalue weighted by molar-refractivity contribution is 6.31. The zero-order valence-corrected chi connectivity index (χ0v) is 10.5. The first kappa shape index (κ1) is 12.9. The van der Waals surface area contributed by atoms with Gasteiger partial charge in [-0.25, -0.2) is 4.39 Å². The van der Waals surface area contributed by atoms with Gasteiger partial charge in [-0.3, -0.25) is 0 Å². The molecule has 0 heterocycles. The standard InChI is InChI=1S/C14H12ClFO2/c1-9-6-11(3-4-12(9)15)18-14-5-2-10(8-17)7-13(14)16/h2-7,17H,8H2,1H3. The van der Waals surface area contributed by atoms with Crippen LogP contribution in [0.4, 0.5) is 4.39 Å². The molecule has 2 rings (SSSR count). The lowest BCUT2D eigenvalue weighted by Gasteiger charge is -2.09. The summed E-state index contributed by atoms with van der Waals surface area (Å²) in [4.78, 5) is 0. The molecule has 0 radical (unpaired) electrons. The molecule has 0 unspecified atom stereocenters. The highest BCUT2D eigenvalue weighted by atomic mass is 35.5. The summed E-state index contributed by atoms with van der Waals surface area (Å²) >= 11 is 5.90. The third-order valence-electron chi connectivity index (χ3n) is 2.54. The molecule has 0 aromatic heterocycles. The Bertz CT molecular complexity index is 570. The summed E-state index contributed by atoms with van der Waals surface area (Å²) in [6.45, 7) is 1.65. The minimum Gasteiger partial charge on any atom is -0.454 e.